The molecule has 0 unspecified atom stereocenters. The molecule has 0 aliphatic carbocycles. The number of pyridine rings is 2. The monoisotopic (exact) mass is 402 g/mol. The van der Waals surface area contributed by atoms with E-state index in [0.717, 1.165) is 17.2 Å². The second kappa shape index (κ2) is 10.2. The zero-order valence-electron chi connectivity index (χ0n) is 15.8. The van der Waals surface area contributed by atoms with E-state index in [1.165, 1.54) is 12.1 Å². The van der Waals surface area contributed by atoms with E-state index in [0.29, 0.717) is 11.5 Å². The average molecular weight is 402 g/mol. The molecule has 2 aromatic carbocycles. The molecule has 0 fully saturated rings. The first kappa shape index (κ1) is 20.3. The molecule has 2 aromatic heterocycles. The molecule has 0 spiro atoms. The average Bonchev–Trinajstić information content (AvgIpc) is 2.78. The Kier molecular flexibility index (Phi) is 6.88. The van der Waals surface area contributed by atoms with Crippen LogP contribution in [0.3, 0.4) is 0 Å². The van der Waals surface area contributed by atoms with Crippen molar-refractivity contribution >= 4 is 11.4 Å². The fourth-order valence-corrected chi connectivity index (χ4v) is 2.26. The normalized spacial score (nSPS) is 9.73. The summed E-state index contributed by atoms with van der Waals surface area (Å²) in [7, 11) is 0. The number of nitrogen functional groups attached to an aromatic ring is 1. The molecule has 0 aliphatic rings. The zero-order chi connectivity index (χ0) is 21.2. The summed E-state index contributed by atoms with van der Waals surface area (Å²) in [5, 5.41) is 10.4. The molecule has 0 saturated carbocycles. The Morgan fingerprint density at radius 2 is 1.17 bits per heavy atom. The number of hydrogen-bond donors (Lipinski definition) is 1. The standard InChI is InChI=1S/C11H8N2O3.C11H10N2O/c14-13(15)9-3-5-10(6-4-9)16-11-2-1-7-12-8-11;12-9-3-5-10(6-4-9)14-11-2-1-7-13-8-11/h1-8H;1-8H,12H2. The van der Waals surface area contributed by atoms with Crippen LogP contribution in [0.25, 0.3) is 0 Å². The number of nitro benzene ring substituents is 1. The van der Waals surface area contributed by atoms with Crippen molar-refractivity contribution in [1.82, 2.24) is 9.97 Å². The van der Waals surface area contributed by atoms with Crippen molar-refractivity contribution in [2.75, 3.05) is 5.73 Å². The Morgan fingerprint density at radius 3 is 1.57 bits per heavy atom. The van der Waals surface area contributed by atoms with Gasteiger partial charge in [-0.3, -0.25) is 20.1 Å². The molecule has 2 N–H and O–H groups in total. The smallest absolute Gasteiger partial charge is 0.269 e. The summed E-state index contributed by atoms with van der Waals surface area (Å²) >= 11 is 0. The van der Waals surface area contributed by atoms with Gasteiger partial charge >= 0.3 is 0 Å². The summed E-state index contributed by atoms with van der Waals surface area (Å²) in [6.45, 7) is 0. The van der Waals surface area contributed by atoms with Gasteiger partial charge in [-0.15, -0.1) is 0 Å². The van der Waals surface area contributed by atoms with Crippen LogP contribution in [0.5, 0.6) is 23.0 Å². The number of non-ortho nitro benzene ring substituents is 1. The molecule has 0 bridgehead atoms. The van der Waals surface area contributed by atoms with Crippen molar-refractivity contribution < 1.29 is 14.4 Å². The van der Waals surface area contributed by atoms with Gasteiger partial charge in [0.2, 0.25) is 0 Å². The highest BCUT2D eigenvalue weighted by Crippen LogP contribution is 2.23. The number of anilines is 1. The third kappa shape index (κ3) is 6.31. The highest BCUT2D eigenvalue weighted by atomic mass is 16.6. The van der Waals surface area contributed by atoms with Crippen molar-refractivity contribution in [2.45, 2.75) is 0 Å². The summed E-state index contributed by atoms with van der Waals surface area (Å²) in [6.07, 6.45) is 6.58. The van der Waals surface area contributed by atoms with Gasteiger partial charge in [0.25, 0.3) is 5.69 Å². The quantitative estimate of drug-likeness (QED) is 0.276. The lowest BCUT2D eigenvalue weighted by Crippen LogP contribution is -1.88. The van der Waals surface area contributed by atoms with Crippen molar-refractivity contribution in [3.8, 4) is 23.0 Å². The number of benzene rings is 2. The van der Waals surface area contributed by atoms with Gasteiger partial charge in [-0.25, -0.2) is 0 Å². The zero-order valence-corrected chi connectivity index (χ0v) is 15.8. The topological polar surface area (TPSA) is 113 Å². The molecule has 0 aliphatic heterocycles. The van der Waals surface area contributed by atoms with Crippen LogP contribution < -0.4 is 15.2 Å². The maximum absolute atomic E-state index is 10.4. The molecule has 8 nitrogen and oxygen atoms in total. The van der Waals surface area contributed by atoms with Crippen molar-refractivity contribution in [2.24, 2.45) is 0 Å². The predicted octanol–water partition coefficient (Wildman–Crippen LogP) is 5.24. The minimum absolute atomic E-state index is 0.0403. The number of nitrogens with two attached hydrogens (primary N) is 1. The van der Waals surface area contributed by atoms with Crippen molar-refractivity contribution in [3.63, 3.8) is 0 Å². The number of rotatable bonds is 5. The number of ether oxygens (including phenoxy) is 2. The number of nitrogens with zero attached hydrogens (tertiary/aromatic N) is 3. The van der Waals surface area contributed by atoms with E-state index >= 15 is 0 Å². The minimum Gasteiger partial charge on any atom is -0.456 e. The molecule has 8 heteroatoms. The molecule has 0 atom stereocenters. The molecule has 0 saturated heterocycles. The van der Waals surface area contributed by atoms with Crippen LogP contribution in [0.4, 0.5) is 11.4 Å². The first-order valence-electron chi connectivity index (χ1n) is 8.86. The Balaban J connectivity index is 0.000000172. The van der Waals surface area contributed by atoms with Gasteiger partial charge in [0.1, 0.15) is 23.0 Å². The summed E-state index contributed by atoms with van der Waals surface area (Å²) in [6, 6.07) is 20.3. The SMILES string of the molecule is Nc1ccc(Oc2cccnc2)cc1.O=[N+]([O-])c1ccc(Oc2cccnc2)cc1. The number of aromatic nitrogens is 2. The third-order valence-corrected chi connectivity index (χ3v) is 3.67. The lowest BCUT2D eigenvalue weighted by molar-refractivity contribution is -0.384. The molecule has 0 amide bonds. The summed E-state index contributed by atoms with van der Waals surface area (Å²) in [5.74, 6) is 2.61. The maximum Gasteiger partial charge on any atom is 0.269 e. The second-order valence-electron chi connectivity index (χ2n) is 5.90. The van der Waals surface area contributed by atoms with E-state index < -0.39 is 4.92 Å². The van der Waals surface area contributed by atoms with Gasteiger partial charge < -0.3 is 15.2 Å². The van der Waals surface area contributed by atoms with Gasteiger partial charge in [-0.2, -0.15) is 0 Å². The Labute approximate surface area is 172 Å². The Bertz CT molecular complexity index is 1060. The van der Waals surface area contributed by atoms with Crippen LogP contribution in [0, 0.1) is 10.1 Å². The Morgan fingerprint density at radius 1 is 0.700 bits per heavy atom. The van der Waals surface area contributed by atoms with Gasteiger partial charge in [0, 0.05) is 30.2 Å². The van der Waals surface area contributed by atoms with E-state index in [1.807, 2.05) is 24.3 Å². The Hall–Kier alpha value is -4.46. The largest absolute Gasteiger partial charge is 0.456 e. The second-order valence-corrected chi connectivity index (χ2v) is 5.90. The fraction of sp³-hybridized carbons (Fsp3) is 0. The van der Waals surface area contributed by atoms with Gasteiger partial charge in [-0.05, 0) is 60.7 Å². The van der Waals surface area contributed by atoms with E-state index in [1.54, 1.807) is 61.2 Å². The van der Waals surface area contributed by atoms with Crippen molar-refractivity contribution in [3.05, 3.63) is 108 Å². The third-order valence-electron chi connectivity index (χ3n) is 3.67. The highest BCUT2D eigenvalue weighted by molar-refractivity contribution is 5.42. The summed E-state index contributed by atoms with van der Waals surface area (Å²) < 4.78 is 10.9. The highest BCUT2D eigenvalue weighted by Gasteiger charge is 2.04. The first-order chi connectivity index (χ1) is 14.6. The van der Waals surface area contributed by atoms with E-state index in [2.05, 4.69) is 9.97 Å². The lowest BCUT2D eigenvalue weighted by atomic mass is 10.3. The van der Waals surface area contributed by atoms with Crippen molar-refractivity contribution in [1.29, 1.82) is 0 Å². The minimum atomic E-state index is -0.451. The maximum atomic E-state index is 10.4. The molecule has 30 heavy (non-hydrogen) atoms. The fourth-order valence-electron chi connectivity index (χ4n) is 2.26. The molecular formula is C22H18N4O4. The predicted molar refractivity (Wildman–Crippen MR) is 113 cm³/mol. The molecular weight excluding hydrogens is 384 g/mol. The van der Waals surface area contributed by atoms with E-state index in [9.17, 15) is 10.1 Å². The lowest BCUT2D eigenvalue weighted by Gasteiger charge is -2.04. The molecule has 0 radical (unpaired) electrons. The molecule has 4 rings (SSSR count). The molecule has 4 aromatic rings. The van der Waals surface area contributed by atoms with Crippen LogP contribution in [0.2, 0.25) is 0 Å². The van der Waals surface area contributed by atoms with E-state index in [-0.39, 0.29) is 5.69 Å². The number of nitro groups is 1. The summed E-state index contributed by atoms with van der Waals surface area (Å²) in [5.41, 5.74) is 6.32. The van der Waals surface area contributed by atoms with Gasteiger partial charge in [-0.1, -0.05) is 0 Å². The van der Waals surface area contributed by atoms with E-state index in [4.69, 9.17) is 15.2 Å². The van der Waals surface area contributed by atoms with Gasteiger partial charge in [0.05, 0.1) is 17.3 Å². The summed E-state index contributed by atoms with van der Waals surface area (Å²) in [4.78, 5) is 17.8. The first-order valence-corrected chi connectivity index (χ1v) is 8.86. The molecule has 150 valence electrons. The van der Waals surface area contributed by atoms with Crippen LogP contribution >= 0.6 is 0 Å². The van der Waals surface area contributed by atoms with Crippen LogP contribution in [0.1, 0.15) is 0 Å². The van der Waals surface area contributed by atoms with Crippen LogP contribution in [-0.2, 0) is 0 Å². The number of hydrogen-bond acceptors (Lipinski definition) is 7. The molecule has 2 heterocycles. The van der Waals surface area contributed by atoms with Crippen LogP contribution in [-0.4, -0.2) is 14.9 Å². The van der Waals surface area contributed by atoms with Gasteiger partial charge in [0.15, 0.2) is 0 Å². The van der Waals surface area contributed by atoms with Crippen LogP contribution in [0.15, 0.2) is 97.6 Å².